The molecule has 210 valence electrons. The molecule has 40 heavy (non-hydrogen) atoms. The first kappa shape index (κ1) is 27.4. The number of hydrogen-bond acceptors (Lipinski definition) is 11. The number of fused-ring (bicyclic) bond motifs is 3. The van der Waals surface area contributed by atoms with Crippen LogP contribution in [0, 0.1) is 6.92 Å². The number of Topliss-reactive ketones (excluding diaryl/α,β-unsaturated/α-hetero) is 2. The van der Waals surface area contributed by atoms with Crippen LogP contribution < -0.4 is 15.4 Å². The Morgan fingerprint density at radius 1 is 1.05 bits per heavy atom. The minimum Gasteiger partial charge on any atom is -0.507 e. The number of aromatic hydroxyl groups is 2. The molecule has 12 heteroatoms. The second-order valence-corrected chi connectivity index (χ2v) is 12.6. The average Bonchev–Trinajstić information content (AvgIpc) is 3.30. The van der Waals surface area contributed by atoms with Crippen molar-refractivity contribution in [3.05, 3.63) is 64.1 Å². The molecule has 2 unspecified atom stereocenters. The standard InChI is InChI=1S/C28H28N2O9S/c1-12-24(34)22(14(3)31)26-23(25(12)35)28(4)20(39-26)9-18(32)21(27(28)36)13(2)29-15-5-7-16(8-6-15)30-17-10-40(37,38)11-19(17)33/h5-9,17,19,29-30,33-35H,10-11H2,1-4H3/b21-13+/t17?,19?,28-/m0/s1. The van der Waals surface area contributed by atoms with E-state index in [1.165, 1.54) is 20.8 Å². The highest BCUT2D eigenvalue weighted by Crippen LogP contribution is 2.57. The van der Waals surface area contributed by atoms with Gasteiger partial charge in [-0.3, -0.25) is 14.4 Å². The number of ketones is 3. The van der Waals surface area contributed by atoms with Crippen molar-refractivity contribution in [3.63, 3.8) is 0 Å². The molecule has 0 bridgehead atoms. The number of ether oxygens (including phenoxy) is 1. The van der Waals surface area contributed by atoms with E-state index >= 15 is 0 Å². The predicted octanol–water partition coefficient (Wildman–Crippen LogP) is 2.25. The van der Waals surface area contributed by atoms with Gasteiger partial charge in [-0.2, -0.15) is 0 Å². The maximum atomic E-state index is 13.9. The van der Waals surface area contributed by atoms with E-state index in [1.54, 1.807) is 31.2 Å². The summed E-state index contributed by atoms with van der Waals surface area (Å²) in [4.78, 5) is 39.3. The van der Waals surface area contributed by atoms with Crippen LogP contribution in [0.25, 0.3) is 0 Å². The van der Waals surface area contributed by atoms with Gasteiger partial charge in [-0.1, -0.05) is 0 Å². The summed E-state index contributed by atoms with van der Waals surface area (Å²) in [5.74, 6) is -3.35. The van der Waals surface area contributed by atoms with Crippen LogP contribution in [0.4, 0.5) is 11.4 Å². The molecule has 0 spiro atoms. The van der Waals surface area contributed by atoms with E-state index < -0.39 is 56.2 Å². The Bertz CT molecular complexity index is 1670. The molecule has 11 nitrogen and oxygen atoms in total. The lowest BCUT2D eigenvalue weighted by Gasteiger charge is -2.29. The maximum Gasteiger partial charge on any atom is 0.194 e. The fraction of sp³-hybridized carbons (Fsp3) is 0.321. The largest absolute Gasteiger partial charge is 0.507 e. The molecule has 0 saturated carbocycles. The van der Waals surface area contributed by atoms with E-state index in [4.69, 9.17) is 4.74 Å². The van der Waals surface area contributed by atoms with Crippen LogP contribution >= 0.6 is 0 Å². The number of carbonyl (C=O) groups excluding carboxylic acids is 3. The number of aliphatic hydroxyl groups is 1. The number of sulfone groups is 1. The summed E-state index contributed by atoms with van der Waals surface area (Å²) < 4.78 is 29.3. The van der Waals surface area contributed by atoms with Crippen LogP contribution in [0.5, 0.6) is 17.2 Å². The van der Waals surface area contributed by atoms with Gasteiger partial charge in [-0.15, -0.1) is 0 Å². The molecule has 3 aliphatic rings. The third kappa shape index (κ3) is 4.14. The lowest BCUT2D eigenvalue weighted by molar-refractivity contribution is -0.123. The molecule has 5 rings (SSSR count). The first-order valence-corrected chi connectivity index (χ1v) is 14.3. The number of hydrogen-bond donors (Lipinski definition) is 5. The molecule has 2 aromatic carbocycles. The molecule has 1 saturated heterocycles. The number of allylic oxidation sites excluding steroid dienone is 4. The van der Waals surface area contributed by atoms with Crippen LogP contribution in [0.3, 0.4) is 0 Å². The summed E-state index contributed by atoms with van der Waals surface area (Å²) in [6.45, 7) is 5.68. The number of aliphatic hydroxyl groups excluding tert-OH is 1. The Kier molecular flexibility index (Phi) is 6.31. The zero-order chi connectivity index (χ0) is 29.3. The number of nitrogens with one attached hydrogen (secondary N) is 2. The van der Waals surface area contributed by atoms with Gasteiger partial charge in [0.15, 0.2) is 27.2 Å². The van der Waals surface area contributed by atoms with E-state index in [2.05, 4.69) is 10.6 Å². The SMILES string of the molecule is CC(=O)c1c(O)c(C)c(O)c2c1OC1=CC(=O)/C(=C(/C)Nc3ccc(NC4CS(=O)(=O)CC4O)cc3)C(=O)[C@@]12C. The highest BCUT2D eigenvalue weighted by Gasteiger charge is 2.56. The fourth-order valence-corrected chi connectivity index (χ4v) is 7.21. The van der Waals surface area contributed by atoms with E-state index in [0.29, 0.717) is 11.4 Å². The van der Waals surface area contributed by atoms with Gasteiger partial charge in [0.2, 0.25) is 0 Å². The van der Waals surface area contributed by atoms with Crippen LogP contribution in [0.2, 0.25) is 0 Å². The Balaban J connectivity index is 1.46. The second-order valence-electron chi connectivity index (χ2n) is 10.5. The summed E-state index contributed by atoms with van der Waals surface area (Å²) in [7, 11) is -3.31. The maximum absolute atomic E-state index is 13.9. The van der Waals surface area contributed by atoms with Gasteiger partial charge in [0.1, 0.15) is 34.0 Å². The Hall–Kier alpha value is -4.16. The van der Waals surface area contributed by atoms with E-state index in [1.807, 2.05) is 0 Å². The molecule has 1 aliphatic carbocycles. The molecule has 2 heterocycles. The summed E-state index contributed by atoms with van der Waals surface area (Å²) in [6.07, 6.45) is 0.131. The highest BCUT2D eigenvalue weighted by molar-refractivity contribution is 7.91. The van der Waals surface area contributed by atoms with Crippen molar-refractivity contribution in [2.45, 2.75) is 45.3 Å². The van der Waals surface area contributed by atoms with Crippen molar-refractivity contribution in [1.82, 2.24) is 0 Å². The van der Waals surface area contributed by atoms with E-state index in [9.17, 15) is 38.1 Å². The molecule has 5 N–H and O–H groups in total. The number of carbonyl (C=O) groups is 3. The molecule has 0 amide bonds. The first-order chi connectivity index (χ1) is 18.7. The van der Waals surface area contributed by atoms with E-state index in [-0.39, 0.29) is 51.0 Å². The van der Waals surface area contributed by atoms with Crippen molar-refractivity contribution in [2.75, 3.05) is 22.1 Å². The molecule has 3 atom stereocenters. The third-order valence-corrected chi connectivity index (χ3v) is 9.37. The number of phenolic OH excluding ortho intramolecular Hbond substituents is 2. The zero-order valence-electron chi connectivity index (χ0n) is 22.2. The normalized spacial score (nSPS) is 26.0. The smallest absolute Gasteiger partial charge is 0.194 e. The lowest BCUT2D eigenvalue weighted by Crippen LogP contribution is -2.40. The Morgan fingerprint density at radius 2 is 1.68 bits per heavy atom. The van der Waals surface area contributed by atoms with Gasteiger partial charge in [0.05, 0.1) is 34.8 Å². The molecule has 1 fully saturated rings. The third-order valence-electron chi connectivity index (χ3n) is 7.65. The minimum atomic E-state index is -3.31. The summed E-state index contributed by atoms with van der Waals surface area (Å²) in [6, 6.07) is 6.02. The van der Waals surface area contributed by atoms with Gasteiger partial charge in [0.25, 0.3) is 0 Å². The van der Waals surface area contributed by atoms with Crippen molar-refractivity contribution in [2.24, 2.45) is 0 Å². The molecule has 2 aromatic rings. The van der Waals surface area contributed by atoms with Crippen LogP contribution in [0.1, 0.15) is 42.3 Å². The number of benzene rings is 2. The molecular formula is C28H28N2O9S. The van der Waals surface area contributed by atoms with E-state index in [0.717, 1.165) is 6.08 Å². The molecule has 2 aliphatic heterocycles. The van der Waals surface area contributed by atoms with Gasteiger partial charge in [0, 0.05) is 28.7 Å². The minimum absolute atomic E-state index is 0.00796. The van der Waals surface area contributed by atoms with Crippen molar-refractivity contribution in [3.8, 4) is 17.2 Å². The number of anilines is 2. The first-order valence-electron chi connectivity index (χ1n) is 12.5. The second kappa shape index (κ2) is 9.20. The fourth-order valence-electron chi connectivity index (χ4n) is 5.47. The van der Waals surface area contributed by atoms with Gasteiger partial charge in [-0.05, 0) is 52.0 Å². The molecule has 0 aromatic heterocycles. The van der Waals surface area contributed by atoms with Gasteiger partial charge >= 0.3 is 0 Å². The number of phenols is 2. The summed E-state index contributed by atoms with van der Waals surface area (Å²) in [5.41, 5.74) is -0.606. The van der Waals surface area contributed by atoms with Gasteiger partial charge < -0.3 is 30.7 Å². The predicted molar refractivity (Wildman–Crippen MR) is 145 cm³/mol. The lowest BCUT2D eigenvalue weighted by atomic mass is 9.70. The Labute approximate surface area is 230 Å². The van der Waals surface area contributed by atoms with Crippen molar-refractivity contribution >= 4 is 38.6 Å². The Morgan fingerprint density at radius 3 is 2.25 bits per heavy atom. The van der Waals surface area contributed by atoms with Crippen LogP contribution in [0.15, 0.2) is 47.4 Å². The number of rotatable bonds is 5. The van der Waals surface area contributed by atoms with Crippen molar-refractivity contribution in [1.29, 1.82) is 0 Å². The highest BCUT2D eigenvalue weighted by atomic mass is 32.2. The van der Waals surface area contributed by atoms with Crippen molar-refractivity contribution < 1.29 is 42.9 Å². The average molecular weight is 569 g/mol. The van der Waals surface area contributed by atoms with Crippen LogP contribution in [-0.2, 0) is 24.8 Å². The summed E-state index contributed by atoms with van der Waals surface area (Å²) in [5, 5.41) is 37.5. The molecule has 0 radical (unpaired) electrons. The summed E-state index contributed by atoms with van der Waals surface area (Å²) >= 11 is 0. The quantitative estimate of drug-likeness (QED) is 0.203. The topological polar surface area (TPSA) is 179 Å². The molecular weight excluding hydrogens is 540 g/mol. The zero-order valence-corrected chi connectivity index (χ0v) is 23.0. The van der Waals surface area contributed by atoms with Crippen LogP contribution in [-0.4, -0.2) is 64.7 Å². The monoisotopic (exact) mass is 568 g/mol. The van der Waals surface area contributed by atoms with Gasteiger partial charge in [-0.25, -0.2) is 8.42 Å².